The molecule has 0 bridgehead atoms. The van der Waals surface area contributed by atoms with Gasteiger partial charge in [0, 0.05) is 5.39 Å². The highest BCUT2D eigenvalue weighted by atomic mass is 32.2. The van der Waals surface area contributed by atoms with Crippen molar-refractivity contribution in [1.82, 2.24) is 0 Å². The van der Waals surface area contributed by atoms with Crippen LogP contribution in [0.2, 0.25) is 0 Å². The summed E-state index contributed by atoms with van der Waals surface area (Å²) in [6.07, 6.45) is 9.44. The quantitative estimate of drug-likeness (QED) is 0.321. The molecular formula is C18H26O4S2. The number of aryl methyl sites for hydroxylation is 1. The van der Waals surface area contributed by atoms with Crippen molar-refractivity contribution in [2.24, 2.45) is 0 Å². The van der Waals surface area contributed by atoms with E-state index in [0.717, 1.165) is 36.7 Å². The number of benzene rings is 1. The molecule has 0 aliphatic carbocycles. The van der Waals surface area contributed by atoms with Crippen LogP contribution in [0.5, 0.6) is 0 Å². The number of fused-ring (bicyclic) bond motifs is 1. The van der Waals surface area contributed by atoms with Gasteiger partial charge in [-0.3, -0.25) is 4.55 Å². The predicted molar refractivity (Wildman–Crippen MR) is 101 cm³/mol. The summed E-state index contributed by atoms with van der Waals surface area (Å²) in [7, 11) is -3.78. The number of rotatable bonds is 11. The van der Waals surface area contributed by atoms with Gasteiger partial charge in [0.25, 0.3) is 10.1 Å². The molecule has 0 aliphatic heterocycles. The summed E-state index contributed by atoms with van der Waals surface area (Å²) < 4.78 is 35.3. The van der Waals surface area contributed by atoms with Crippen molar-refractivity contribution in [3.8, 4) is 0 Å². The Balaban J connectivity index is 1.51. The van der Waals surface area contributed by atoms with Crippen LogP contribution < -0.4 is 0 Å². The molecule has 2 aromatic rings. The summed E-state index contributed by atoms with van der Waals surface area (Å²) in [6, 6.07) is 8.27. The van der Waals surface area contributed by atoms with Crippen LogP contribution in [0.25, 0.3) is 11.0 Å². The Morgan fingerprint density at radius 1 is 0.917 bits per heavy atom. The van der Waals surface area contributed by atoms with Gasteiger partial charge in [0.2, 0.25) is 0 Å². The topological polar surface area (TPSA) is 67.5 Å². The highest BCUT2D eigenvalue weighted by Gasteiger charge is 2.04. The van der Waals surface area contributed by atoms with E-state index < -0.39 is 10.1 Å². The van der Waals surface area contributed by atoms with Crippen molar-refractivity contribution in [3.63, 3.8) is 0 Å². The Bertz CT molecular complexity index is 735. The maximum atomic E-state index is 10.6. The van der Waals surface area contributed by atoms with Gasteiger partial charge in [0.1, 0.15) is 5.58 Å². The molecule has 134 valence electrons. The number of unbranched alkanes of at least 4 members (excludes halogenated alkanes) is 7. The fourth-order valence-electron chi connectivity index (χ4n) is 2.89. The summed E-state index contributed by atoms with van der Waals surface area (Å²) >= 11 is 4.22. The molecule has 0 radical (unpaired) electrons. The van der Waals surface area contributed by atoms with Gasteiger partial charge in [-0.25, -0.2) is 0 Å². The third-order valence-corrected chi connectivity index (χ3v) is 5.21. The highest BCUT2D eigenvalue weighted by molar-refractivity contribution is 7.85. The molecule has 0 amide bonds. The monoisotopic (exact) mass is 370 g/mol. The van der Waals surface area contributed by atoms with Crippen molar-refractivity contribution in [2.75, 3.05) is 5.75 Å². The lowest BCUT2D eigenvalue weighted by atomic mass is 10.0. The Kier molecular flexibility index (Phi) is 7.65. The van der Waals surface area contributed by atoms with Gasteiger partial charge in [0.05, 0.1) is 5.75 Å². The summed E-state index contributed by atoms with van der Waals surface area (Å²) in [5, 5.41) is 1.75. The third kappa shape index (κ3) is 7.28. The van der Waals surface area contributed by atoms with Gasteiger partial charge in [-0.1, -0.05) is 50.7 Å². The van der Waals surface area contributed by atoms with E-state index in [4.69, 9.17) is 8.97 Å². The molecular weight excluding hydrogens is 344 g/mol. The van der Waals surface area contributed by atoms with E-state index >= 15 is 0 Å². The fraction of sp³-hybridized carbons (Fsp3) is 0.556. The maximum absolute atomic E-state index is 10.6. The minimum absolute atomic E-state index is 0.109. The lowest BCUT2D eigenvalue weighted by molar-refractivity contribution is 0.478. The first-order valence-electron chi connectivity index (χ1n) is 8.61. The van der Waals surface area contributed by atoms with Gasteiger partial charge in [-0.15, -0.1) is 12.6 Å². The van der Waals surface area contributed by atoms with Crippen LogP contribution in [-0.4, -0.2) is 18.7 Å². The van der Waals surface area contributed by atoms with Gasteiger partial charge in [-0.05, 0) is 37.0 Å². The SMILES string of the molecule is O=S(=O)(O)CCCCCCCCCCc1ccc2cc(S)oc2c1. The van der Waals surface area contributed by atoms with E-state index in [9.17, 15) is 8.42 Å². The molecule has 0 atom stereocenters. The van der Waals surface area contributed by atoms with E-state index in [2.05, 4.69) is 30.8 Å². The van der Waals surface area contributed by atoms with Crippen molar-refractivity contribution in [2.45, 2.75) is 62.9 Å². The molecule has 1 N–H and O–H groups in total. The van der Waals surface area contributed by atoms with Crippen LogP contribution in [0.1, 0.15) is 56.9 Å². The van der Waals surface area contributed by atoms with Crippen molar-refractivity contribution in [3.05, 3.63) is 29.8 Å². The minimum atomic E-state index is -3.78. The molecule has 1 heterocycles. The van der Waals surface area contributed by atoms with E-state index in [1.165, 1.54) is 31.2 Å². The van der Waals surface area contributed by atoms with Gasteiger partial charge in [-0.2, -0.15) is 8.42 Å². The lowest BCUT2D eigenvalue weighted by Gasteiger charge is -2.03. The molecule has 1 aromatic heterocycles. The number of hydrogen-bond acceptors (Lipinski definition) is 4. The first-order chi connectivity index (χ1) is 11.4. The molecule has 0 unspecified atom stereocenters. The second kappa shape index (κ2) is 9.49. The highest BCUT2D eigenvalue weighted by Crippen LogP contribution is 2.23. The number of thiol groups is 1. The Morgan fingerprint density at radius 3 is 2.21 bits per heavy atom. The smallest absolute Gasteiger partial charge is 0.264 e. The zero-order chi connectivity index (χ0) is 17.4. The first kappa shape index (κ1) is 19.3. The predicted octanol–water partition coefficient (Wildman–Crippen LogP) is 5.27. The van der Waals surface area contributed by atoms with Crippen molar-refractivity contribution < 1.29 is 17.4 Å². The zero-order valence-electron chi connectivity index (χ0n) is 13.9. The van der Waals surface area contributed by atoms with Crippen LogP contribution in [0.15, 0.2) is 33.8 Å². The van der Waals surface area contributed by atoms with Crippen molar-refractivity contribution in [1.29, 1.82) is 0 Å². The van der Waals surface area contributed by atoms with Gasteiger partial charge >= 0.3 is 0 Å². The molecule has 0 saturated heterocycles. The average molecular weight is 371 g/mol. The van der Waals surface area contributed by atoms with E-state index in [-0.39, 0.29) is 5.75 Å². The van der Waals surface area contributed by atoms with Crippen LogP contribution in [0, 0.1) is 0 Å². The largest absolute Gasteiger partial charge is 0.450 e. The Labute approximate surface area is 149 Å². The summed E-state index contributed by atoms with van der Waals surface area (Å²) in [5.41, 5.74) is 2.21. The minimum Gasteiger partial charge on any atom is -0.450 e. The van der Waals surface area contributed by atoms with E-state index in [1.807, 2.05) is 6.07 Å². The Morgan fingerprint density at radius 2 is 1.54 bits per heavy atom. The molecule has 6 heteroatoms. The van der Waals surface area contributed by atoms with E-state index in [1.54, 1.807) is 0 Å². The average Bonchev–Trinajstić information content (AvgIpc) is 2.87. The molecule has 0 fully saturated rings. The maximum Gasteiger partial charge on any atom is 0.264 e. The van der Waals surface area contributed by atoms with Gasteiger partial charge < -0.3 is 4.42 Å². The normalized spacial score (nSPS) is 12.1. The van der Waals surface area contributed by atoms with Crippen molar-refractivity contribution >= 4 is 33.7 Å². The molecule has 2 rings (SSSR count). The second-order valence-electron chi connectivity index (χ2n) is 6.32. The number of hydrogen-bond donors (Lipinski definition) is 2. The lowest BCUT2D eigenvalue weighted by Crippen LogP contribution is -2.03. The summed E-state index contributed by atoms with van der Waals surface area (Å²) in [4.78, 5) is 0. The van der Waals surface area contributed by atoms with Crippen LogP contribution in [0.3, 0.4) is 0 Å². The van der Waals surface area contributed by atoms with Crippen LogP contribution >= 0.6 is 12.6 Å². The second-order valence-corrected chi connectivity index (χ2v) is 8.33. The molecule has 4 nitrogen and oxygen atoms in total. The summed E-state index contributed by atoms with van der Waals surface area (Å²) in [5.74, 6) is -0.109. The van der Waals surface area contributed by atoms with Gasteiger partial charge in [0.15, 0.2) is 5.09 Å². The molecule has 0 spiro atoms. The van der Waals surface area contributed by atoms with Crippen LogP contribution in [-0.2, 0) is 16.5 Å². The number of furan rings is 1. The molecule has 24 heavy (non-hydrogen) atoms. The zero-order valence-corrected chi connectivity index (χ0v) is 15.6. The first-order valence-corrected chi connectivity index (χ1v) is 10.7. The molecule has 0 aliphatic rings. The van der Waals surface area contributed by atoms with E-state index in [0.29, 0.717) is 11.5 Å². The summed E-state index contributed by atoms with van der Waals surface area (Å²) in [6.45, 7) is 0. The fourth-order valence-corrected chi connectivity index (χ4v) is 3.70. The third-order valence-electron chi connectivity index (χ3n) is 4.19. The Hall–Kier alpha value is -0.980. The molecule has 0 saturated carbocycles. The van der Waals surface area contributed by atoms with Crippen LogP contribution in [0.4, 0.5) is 0 Å². The molecule has 1 aromatic carbocycles. The standard InChI is InChI=1S/C18H26O4S2/c19-24(20,21)12-8-6-4-2-1-3-5-7-9-15-10-11-16-14-18(23)22-17(16)13-15/h10-11,13-14,23H,1-9,12H2,(H,19,20,21).